The molecule has 1 aliphatic carbocycles. The monoisotopic (exact) mass is 394 g/mol. The number of hydrogen-bond donors (Lipinski definition) is 1. The number of nitro groups is 1. The van der Waals surface area contributed by atoms with Crippen molar-refractivity contribution in [2.75, 3.05) is 0 Å². The summed E-state index contributed by atoms with van der Waals surface area (Å²) in [4.78, 5) is 23.7. The summed E-state index contributed by atoms with van der Waals surface area (Å²) in [5.41, 5.74) is 1.20. The number of non-ortho nitro benzene ring substituents is 1. The van der Waals surface area contributed by atoms with E-state index < -0.39 is 4.92 Å². The Morgan fingerprint density at radius 3 is 2.69 bits per heavy atom. The predicted molar refractivity (Wildman–Crippen MR) is 107 cm³/mol. The summed E-state index contributed by atoms with van der Waals surface area (Å²) in [6.45, 7) is 1.83. The van der Waals surface area contributed by atoms with Gasteiger partial charge in [-0.25, -0.2) is 4.68 Å². The number of furan rings is 1. The average Bonchev–Trinajstić information content (AvgIpc) is 3.35. The van der Waals surface area contributed by atoms with E-state index in [-0.39, 0.29) is 17.6 Å². The number of carbonyl (C=O) groups excluding carboxylic acids is 1. The summed E-state index contributed by atoms with van der Waals surface area (Å²) >= 11 is 0. The number of nitrogens with zero attached hydrogens (tertiary/aromatic N) is 3. The number of amides is 1. The van der Waals surface area contributed by atoms with Crippen LogP contribution in [0.5, 0.6) is 0 Å². The normalized spacial score (nSPS) is 14.7. The first-order valence-corrected chi connectivity index (χ1v) is 9.74. The molecule has 1 aromatic carbocycles. The lowest BCUT2D eigenvalue weighted by atomic mass is 9.95. The van der Waals surface area contributed by atoms with Gasteiger partial charge in [0.25, 0.3) is 11.6 Å². The van der Waals surface area contributed by atoms with Gasteiger partial charge in [-0.15, -0.1) is 0 Å². The smallest absolute Gasteiger partial charge is 0.271 e. The van der Waals surface area contributed by atoms with Gasteiger partial charge in [0.1, 0.15) is 17.1 Å². The zero-order chi connectivity index (χ0) is 20.4. The third kappa shape index (κ3) is 4.06. The predicted octanol–water partition coefficient (Wildman–Crippen LogP) is 4.41. The lowest BCUT2D eigenvalue weighted by molar-refractivity contribution is -0.384. The first-order valence-electron chi connectivity index (χ1n) is 9.74. The maximum atomic E-state index is 13.0. The Labute approximate surface area is 167 Å². The Morgan fingerprint density at radius 2 is 2.00 bits per heavy atom. The van der Waals surface area contributed by atoms with Crippen molar-refractivity contribution < 1.29 is 14.1 Å². The second-order valence-corrected chi connectivity index (χ2v) is 7.32. The van der Waals surface area contributed by atoms with E-state index in [2.05, 4.69) is 10.4 Å². The van der Waals surface area contributed by atoms with Crippen LogP contribution in [-0.2, 0) is 0 Å². The molecule has 1 saturated carbocycles. The second-order valence-electron chi connectivity index (χ2n) is 7.32. The Balaban J connectivity index is 1.73. The quantitative estimate of drug-likeness (QED) is 0.510. The van der Waals surface area contributed by atoms with Crippen LogP contribution in [0, 0.1) is 17.0 Å². The van der Waals surface area contributed by atoms with Gasteiger partial charge in [-0.1, -0.05) is 25.3 Å². The molecule has 1 fully saturated rings. The molecule has 0 unspecified atom stereocenters. The fourth-order valence-corrected chi connectivity index (χ4v) is 3.68. The highest BCUT2D eigenvalue weighted by atomic mass is 16.6. The zero-order valence-corrected chi connectivity index (χ0v) is 16.1. The fourth-order valence-electron chi connectivity index (χ4n) is 3.68. The molecule has 29 heavy (non-hydrogen) atoms. The standard InChI is InChI=1S/C21H22N4O4/c1-14-10-11-20(29-14)18-13-19(21(26)22-15-6-3-2-4-7-15)24(23-18)16-8-5-9-17(12-16)25(27)28/h5,8-13,15H,2-4,6-7H2,1H3,(H,22,26). The summed E-state index contributed by atoms with van der Waals surface area (Å²) in [5, 5.41) is 18.8. The molecule has 1 aliphatic rings. The van der Waals surface area contributed by atoms with E-state index in [1.807, 2.05) is 13.0 Å². The Bertz CT molecular complexity index is 1050. The van der Waals surface area contributed by atoms with Crippen molar-refractivity contribution in [1.82, 2.24) is 15.1 Å². The van der Waals surface area contributed by atoms with Gasteiger partial charge in [-0.3, -0.25) is 14.9 Å². The highest BCUT2D eigenvalue weighted by molar-refractivity contribution is 5.94. The summed E-state index contributed by atoms with van der Waals surface area (Å²) in [7, 11) is 0. The van der Waals surface area contributed by atoms with Crippen LogP contribution in [0.3, 0.4) is 0 Å². The molecule has 2 heterocycles. The minimum Gasteiger partial charge on any atom is -0.460 e. The van der Waals surface area contributed by atoms with Crippen molar-refractivity contribution in [3.63, 3.8) is 0 Å². The lowest BCUT2D eigenvalue weighted by Crippen LogP contribution is -2.37. The summed E-state index contributed by atoms with van der Waals surface area (Å²) in [6.07, 6.45) is 5.32. The van der Waals surface area contributed by atoms with E-state index >= 15 is 0 Å². The summed E-state index contributed by atoms with van der Waals surface area (Å²) in [6, 6.07) is 11.5. The number of benzene rings is 1. The largest absolute Gasteiger partial charge is 0.460 e. The molecule has 1 N–H and O–H groups in total. The SMILES string of the molecule is Cc1ccc(-c2cc(C(=O)NC3CCCCC3)n(-c3cccc([N+](=O)[O-])c3)n2)o1. The minimum absolute atomic E-state index is 0.0629. The third-order valence-corrected chi connectivity index (χ3v) is 5.16. The maximum absolute atomic E-state index is 13.0. The molecule has 0 bridgehead atoms. The third-order valence-electron chi connectivity index (χ3n) is 5.16. The summed E-state index contributed by atoms with van der Waals surface area (Å²) < 4.78 is 7.09. The number of aryl methyl sites for hydroxylation is 1. The van der Waals surface area contributed by atoms with Crippen LogP contribution >= 0.6 is 0 Å². The molecule has 3 aromatic rings. The van der Waals surface area contributed by atoms with Crippen molar-refractivity contribution in [1.29, 1.82) is 0 Å². The Hall–Kier alpha value is -3.42. The molecule has 0 atom stereocenters. The van der Waals surface area contributed by atoms with Gasteiger partial charge >= 0.3 is 0 Å². The average molecular weight is 394 g/mol. The van der Waals surface area contributed by atoms with Gasteiger partial charge < -0.3 is 9.73 Å². The fraction of sp³-hybridized carbons (Fsp3) is 0.333. The van der Waals surface area contributed by atoms with E-state index in [4.69, 9.17) is 4.42 Å². The molecule has 150 valence electrons. The van der Waals surface area contributed by atoms with Gasteiger partial charge in [0, 0.05) is 24.2 Å². The topological polar surface area (TPSA) is 103 Å². The molecule has 4 rings (SSSR count). The van der Waals surface area contributed by atoms with Gasteiger partial charge in [0.2, 0.25) is 0 Å². The van der Waals surface area contributed by atoms with E-state index in [1.165, 1.54) is 23.2 Å². The van der Waals surface area contributed by atoms with E-state index in [0.29, 0.717) is 22.8 Å². The van der Waals surface area contributed by atoms with Gasteiger partial charge in [-0.2, -0.15) is 5.10 Å². The van der Waals surface area contributed by atoms with E-state index in [1.54, 1.807) is 24.3 Å². The van der Waals surface area contributed by atoms with Crippen molar-refractivity contribution in [2.45, 2.75) is 45.1 Å². The van der Waals surface area contributed by atoms with Gasteiger partial charge in [-0.05, 0) is 38.0 Å². The molecule has 2 aromatic heterocycles. The van der Waals surface area contributed by atoms with Crippen molar-refractivity contribution in [2.24, 2.45) is 0 Å². The lowest BCUT2D eigenvalue weighted by Gasteiger charge is -2.22. The zero-order valence-electron chi connectivity index (χ0n) is 16.1. The summed E-state index contributed by atoms with van der Waals surface area (Å²) in [5.74, 6) is 1.03. The number of nitro benzene ring substituents is 1. The van der Waals surface area contributed by atoms with Crippen LogP contribution < -0.4 is 5.32 Å². The number of nitrogens with one attached hydrogen (secondary N) is 1. The molecular formula is C21H22N4O4. The van der Waals surface area contributed by atoms with E-state index in [9.17, 15) is 14.9 Å². The van der Waals surface area contributed by atoms with Crippen LogP contribution in [0.4, 0.5) is 5.69 Å². The Kier molecular flexibility index (Phi) is 5.16. The van der Waals surface area contributed by atoms with Crippen molar-refractivity contribution >= 4 is 11.6 Å². The molecule has 0 aliphatic heterocycles. The van der Waals surface area contributed by atoms with Crippen LogP contribution in [0.15, 0.2) is 46.9 Å². The number of hydrogen-bond acceptors (Lipinski definition) is 5. The number of aromatic nitrogens is 2. The first-order chi connectivity index (χ1) is 14.0. The molecule has 1 amide bonds. The molecule has 8 heteroatoms. The number of rotatable bonds is 5. The van der Waals surface area contributed by atoms with Gasteiger partial charge in [0.15, 0.2) is 5.76 Å². The highest BCUT2D eigenvalue weighted by Gasteiger charge is 2.23. The Morgan fingerprint density at radius 1 is 1.21 bits per heavy atom. The van der Waals surface area contributed by atoms with E-state index in [0.717, 1.165) is 31.4 Å². The van der Waals surface area contributed by atoms with Crippen molar-refractivity contribution in [3.05, 3.63) is 64.0 Å². The highest BCUT2D eigenvalue weighted by Crippen LogP contribution is 2.26. The van der Waals surface area contributed by atoms with Gasteiger partial charge in [0.05, 0.1) is 10.6 Å². The molecule has 0 spiro atoms. The minimum atomic E-state index is -0.467. The molecular weight excluding hydrogens is 372 g/mol. The van der Waals surface area contributed by atoms with Crippen LogP contribution in [-0.4, -0.2) is 26.7 Å². The van der Waals surface area contributed by atoms with Crippen LogP contribution in [0.25, 0.3) is 17.1 Å². The number of carbonyl (C=O) groups is 1. The molecule has 0 radical (unpaired) electrons. The molecule has 8 nitrogen and oxygen atoms in total. The maximum Gasteiger partial charge on any atom is 0.271 e. The second kappa shape index (κ2) is 7.90. The van der Waals surface area contributed by atoms with Crippen LogP contribution in [0.1, 0.15) is 48.4 Å². The van der Waals surface area contributed by atoms with Crippen LogP contribution in [0.2, 0.25) is 0 Å². The molecule has 0 saturated heterocycles. The van der Waals surface area contributed by atoms with Crippen molar-refractivity contribution in [3.8, 4) is 17.1 Å². The first kappa shape index (κ1) is 18.9.